The van der Waals surface area contributed by atoms with E-state index in [1.54, 1.807) is 6.07 Å². The van der Waals surface area contributed by atoms with Crippen molar-refractivity contribution in [2.45, 2.75) is 11.1 Å². The highest BCUT2D eigenvalue weighted by molar-refractivity contribution is 7.94. The molecule has 0 radical (unpaired) electrons. The number of carboxylic acid groups (broad SMARTS) is 1. The minimum Gasteiger partial charge on any atom is -0.495 e. The molecule has 0 fully saturated rings. The lowest BCUT2D eigenvalue weighted by molar-refractivity contribution is 0.0691. The molecule has 3 rings (SSSR count). The van der Waals surface area contributed by atoms with Crippen LogP contribution < -0.4 is 9.46 Å². The first-order valence-electron chi connectivity index (χ1n) is 8.02. The summed E-state index contributed by atoms with van der Waals surface area (Å²) in [5.74, 6) is -2.65. The van der Waals surface area contributed by atoms with Crippen LogP contribution in [0.2, 0.25) is 0 Å². The molecule has 0 saturated carbocycles. The van der Waals surface area contributed by atoms with Gasteiger partial charge in [0.2, 0.25) is 0 Å². The number of benzene rings is 2. The lowest BCUT2D eigenvalue weighted by atomic mass is 10.1. The summed E-state index contributed by atoms with van der Waals surface area (Å²) < 4.78 is 46.7. The minimum atomic E-state index is -4.02. The summed E-state index contributed by atoms with van der Waals surface area (Å²) in [7, 11) is -2.78. The quantitative estimate of drug-likeness (QED) is 0.617. The van der Waals surface area contributed by atoms with Gasteiger partial charge in [-0.1, -0.05) is 29.8 Å². The van der Waals surface area contributed by atoms with Gasteiger partial charge in [0.1, 0.15) is 15.8 Å². The number of aryl methyl sites for hydroxylation is 1. The summed E-state index contributed by atoms with van der Waals surface area (Å²) in [6.07, 6.45) is 0. The maximum absolute atomic E-state index is 14.0. The van der Waals surface area contributed by atoms with Gasteiger partial charge in [0, 0.05) is 10.9 Å². The number of aromatic carboxylic acids is 1. The minimum absolute atomic E-state index is 0.0350. The number of ether oxygens (including phenoxy) is 1. The summed E-state index contributed by atoms with van der Waals surface area (Å²) >= 11 is 1.06. The van der Waals surface area contributed by atoms with Crippen LogP contribution in [0, 0.1) is 12.7 Å². The molecular weight excluding hydrogens is 405 g/mol. The Kier molecular flexibility index (Phi) is 5.39. The van der Waals surface area contributed by atoms with E-state index in [0.29, 0.717) is 0 Å². The highest BCUT2D eigenvalue weighted by Crippen LogP contribution is 2.34. The number of methoxy groups -OCH3 is 1. The van der Waals surface area contributed by atoms with Crippen molar-refractivity contribution in [1.82, 2.24) is 0 Å². The highest BCUT2D eigenvalue weighted by Gasteiger charge is 2.22. The third-order valence-corrected chi connectivity index (χ3v) is 6.94. The molecule has 0 aliphatic rings. The molecule has 0 amide bonds. The van der Waals surface area contributed by atoms with Gasteiger partial charge in [-0.3, -0.25) is 4.72 Å². The van der Waals surface area contributed by atoms with Crippen LogP contribution in [0.15, 0.2) is 52.7 Å². The van der Waals surface area contributed by atoms with Crippen molar-refractivity contribution in [3.63, 3.8) is 0 Å². The standard InChI is InChI=1S/C19H16FNO5S2/c1-11-3-5-12(6-4-11)17-7-8-18(27-17)28(24,25)21-15-10-14(20)13(19(22)23)9-16(15)26-2/h3-10,21H,1-2H3,(H,22,23). The van der Waals surface area contributed by atoms with Crippen molar-refractivity contribution >= 4 is 33.0 Å². The average molecular weight is 421 g/mol. The van der Waals surface area contributed by atoms with Crippen molar-refractivity contribution in [3.8, 4) is 16.2 Å². The Morgan fingerprint density at radius 2 is 1.82 bits per heavy atom. The number of thiophene rings is 1. The number of anilines is 1. The Hall–Kier alpha value is -2.91. The summed E-state index contributed by atoms with van der Waals surface area (Å²) in [6.45, 7) is 1.96. The third-order valence-electron chi connectivity index (χ3n) is 3.95. The molecule has 6 nitrogen and oxygen atoms in total. The van der Waals surface area contributed by atoms with Gasteiger partial charge in [0.25, 0.3) is 10.0 Å². The van der Waals surface area contributed by atoms with Gasteiger partial charge in [0.15, 0.2) is 0 Å². The van der Waals surface area contributed by atoms with Crippen LogP contribution in [0.4, 0.5) is 10.1 Å². The van der Waals surface area contributed by atoms with Gasteiger partial charge >= 0.3 is 5.97 Å². The third kappa shape index (κ3) is 4.00. The number of rotatable bonds is 6. The van der Waals surface area contributed by atoms with Crippen molar-refractivity contribution in [2.75, 3.05) is 11.8 Å². The molecule has 146 valence electrons. The fraction of sp³-hybridized carbons (Fsp3) is 0.105. The number of carbonyl (C=O) groups is 1. The maximum atomic E-state index is 14.0. The molecule has 0 unspecified atom stereocenters. The molecule has 0 atom stereocenters. The first-order chi connectivity index (χ1) is 13.2. The van der Waals surface area contributed by atoms with Gasteiger partial charge in [-0.25, -0.2) is 17.6 Å². The van der Waals surface area contributed by atoms with Crippen LogP contribution in [0.1, 0.15) is 15.9 Å². The molecule has 0 aliphatic carbocycles. The number of halogens is 1. The van der Waals surface area contributed by atoms with E-state index in [2.05, 4.69) is 4.72 Å². The lowest BCUT2D eigenvalue weighted by Gasteiger charge is -2.12. The molecule has 2 N–H and O–H groups in total. The van der Waals surface area contributed by atoms with E-state index < -0.39 is 27.4 Å². The number of hydrogen-bond donors (Lipinski definition) is 2. The summed E-state index contributed by atoms with van der Waals surface area (Å²) in [5.41, 5.74) is 1.17. The van der Waals surface area contributed by atoms with Crippen molar-refractivity contribution in [3.05, 3.63) is 65.5 Å². The topological polar surface area (TPSA) is 92.7 Å². The van der Waals surface area contributed by atoms with E-state index in [0.717, 1.165) is 39.5 Å². The van der Waals surface area contributed by atoms with Gasteiger partial charge in [-0.2, -0.15) is 0 Å². The van der Waals surface area contributed by atoms with Crippen LogP contribution >= 0.6 is 11.3 Å². The molecule has 0 spiro atoms. The highest BCUT2D eigenvalue weighted by atomic mass is 32.2. The summed E-state index contributed by atoms with van der Waals surface area (Å²) in [5, 5.41) is 8.98. The van der Waals surface area contributed by atoms with Crippen LogP contribution in [0.5, 0.6) is 5.75 Å². The number of sulfonamides is 1. The van der Waals surface area contributed by atoms with Crippen molar-refractivity contribution in [1.29, 1.82) is 0 Å². The molecule has 1 heterocycles. The Labute approximate surface area is 165 Å². The molecule has 0 aliphatic heterocycles. The Balaban J connectivity index is 1.93. The van der Waals surface area contributed by atoms with Gasteiger partial charge in [0.05, 0.1) is 18.4 Å². The van der Waals surface area contributed by atoms with E-state index in [1.807, 2.05) is 31.2 Å². The largest absolute Gasteiger partial charge is 0.495 e. The molecule has 3 aromatic rings. The second-order valence-corrected chi connectivity index (χ2v) is 8.92. The lowest BCUT2D eigenvalue weighted by Crippen LogP contribution is -2.13. The molecule has 1 aromatic heterocycles. The molecular formula is C19H16FNO5S2. The van der Waals surface area contributed by atoms with E-state index in [4.69, 9.17) is 9.84 Å². The van der Waals surface area contributed by atoms with E-state index >= 15 is 0 Å². The van der Waals surface area contributed by atoms with Crippen LogP contribution in [-0.2, 0) is 10.0 Å². The molecule has 28 heavy (non-hydrogen) atoms. The summed E-state index contributed by atoms with van der Waals surface area (Å²) in [4.78, 5) is 11.8. The fourth-order valence-electron chi connectivity index (χ4n) is 2.50. The smallest absolute Gasteiger partial charge is 0.338 e. The van der Waals surface area contributed by atoms with Crippen molar-refractivity contribution in [2.24, 2.45) is 0 Å². The Bertz CT molecular complexity index is 1140. The molecule has 0 bridgehead atoms. The van der Waals surface area contributed by atoms with E-state index in [9.17, 15) is 17.6 Å². The number of hydrogen-bond acceptors (Lipinski definition) is 5. The zero-order chi connectivity index (χ0) is 20.5. The normalized spacial score (nSPS) is 11.2. The monoisotopic (exact) mass is 421 g/mol. The molecule has 2 aromatic carbocycles. The molecule has 0 saturated heterocycles. The van der Waals surface area contributed by atoms with Crippen molar-refractivity contribution < 1.29 is 27.4 Å². The SMILES string of the molecule is COc1cc(C(=O)O)c(F)cc1NS(=O)(=O)c1ccc(-c2ccc(C)cc2)s1. The zero-order valence-corrected chi connectivity index (χ0v) is 16.5. The first kappa shape index (κ1) is 19.8. The number of carboxylic acids is 1. The van der Waals surface area contributed by atoms with E-state index in [1.165, 1.54) is 13.2 Å². The summed E-state index contributed by atoms with van der Waals surface area (Å²) in [6, 6.07) is 12.5. The van der Waals surface area contributed by atoms with Crippen LogP contribution in [0.25, 0.3) is 10.4 Å². The second kappa shape index (κ2) is 7.61. The van der Waals surface area contributed by atoms with Crippen LogP contribution in [0.3, 0.4) is 0 Å². The van der Waals surface area contributed by atoms with Gasteiger partial charge < -0.3 is 9.84 Å². The Morgan fingerprint density at radius 3 is 2.43 bits per heavy atom. The zero-order valence-electron chi connectivity index (χ0n) is 14.9. The predicted octanol–water partition coefficient (Wildman–Crippen LogP) is 4.37. The van der Waals surface area contributed by atoms with E-state index in [-0.39, 0.29) is 15.6 Å². The maximum Gasteiger partial charge on any atom is 0.338 e. The number of nitrogens with one attached hydrogen (secondary N) is 1. The first-order valence-corrected chi connectivity index (χ1v) is 10.3. The average Bonchev–Trinajstić information content (AvgIpc) is 3.13. The predicted molar refractivity (Wildman–Crippen MR) is 105 cm³/mol. The van der Waals surface area contributed by atoms with Gasteiger partial charge in [-0.15, -0.1) is 11.3 Å². The van der Waals surface area contributed by atoms with Crippen LogP contribution in [-0.4, -0.2) is 26.6 Å². The fourth-order valence-corrected chi connectivity index (χ4v) is 4.87. The van der Waals surface area contributed by atoms with Gasteiger partial charge in [-0.05, 0) is 30.7 Å². The molecule has 9 heteroatoms. The Morgan fingerprint density at radius 1 is 1.14 bits per heavy atom. The second-order valence-electron chi connectivity index (χ2n) is 5.93.